The fraction of sp³-hybridized carbons (Fsp3) is 0.579. The van der Waals surface area contributed by atoms with Crippen LogP contribution < -0.4 is 0 Å². The summed E-state index contributed by atoms with van der Waals surface area (Å²) in [4.78, 5) is 0. The van der Waals surface area contributed by atoms with Crippen LogP contribution in [0.3, 0.4) is 0 Å². The van der Waals surface area contributed by atoms with E-state index in [1.165, 1.54) is 150 Å². The van der Waals surface area contributed by atoms with Crippen molar-refractivity contribution in [1.82, 2.24) is 0 Å². The van der Waals surface area contributed by atoms with Crippen LogP contribution in [0.2, 0.25) is 0 Å². The van der Waals surface area contributed by atoms with E-state index in [9.17, 15) is 0 Å². The van der Waals surface area contributed by atoms with Gasteiger partial charge in [-0.2, -0.15) is 0 Å². The van der Waals surface area contributed by atoms with E-state index >= 15 is 0 Å². The van der Waals surface area contributed by atoms with Crippen molar-refractivity contribution in [3.05, 3.63) is 127 Å². The van der Waals surface area contributed by atoms with Crippen LogP contribution in [0.25, 0.3) is 11.1 Å². The Morgan fingerprint density at radius 3 is 1.12 bits per heavy atom. The number of hydrogen-bond donors (Lipinski definition) is 0. The predicted octanol–water partition coefficient (Wildman–Crippen LogP) is 17.0. The van der Waals surface area contributed by atoms with Gasteiger partial charge in [-0.25, -0.2) is 0 Å². The maximum absolute atomic E-state index is 3.76. The normalized spacial score (nSPS) is 34.0. The summed E-state index contributed by atoms with van der Waals surface area (Å²) < 4.78 is 2.42. The molecule has 4 atom stereocenters. The van der Waals surface area contributed by atoms with Gasteiger partial charge in [-0.3, -0.25) is 0 Å². The lowest BCUT2D eigenvalue weighted by Gasteiger charge is -2.63. The van der Waals surface area contributed by atoms with E-state index in [0.29, 0.717) is 21.7 Å². The highest BCUT2D eigenvalue weighted by Crippen LogP contribution is 2.69. The summed E-state index contributed by atoms with van der Waals surface area (Å²) in [5.74, 6) is 3.45. The summed E-state index contributed by atoms with van der Waals surface area (Å²) in [5, 5.41) is 0. The predicted molar refractivity (Wildman–Crippen MR) is 255 cm³/mol. The molecule has 59 heavy (non-hydrogen) atoms. The van der Waals surface area contributed by atoms with Gasteiger partial charge >= 0.3 is 0 Å². The second kappa shape index (κ2) is 15.0. The molecule has 0 amide bonds. The molecule has 2 heteroatoms. The third-order valence-corrected chi connectivity index (χ3v) is 19.6. The van der Waals surface area contributed by atoms with Crippen molar-refractivity contribution in [3.63, 3.8) is 0 Å². The lowest BCUT2D eigenvalue weighted by molar-refractivity contribution is -0.0283. The average molecular weight is 913 g/mol. The Kier molecular flexibility index (Phi) is 10.1. The standard InChI is InChI=1S/C57H68Br2/c1-3-5-7-9-23-57(24-10-8-6-4-2)51-27-45(55-33-39-25-40(34-55)30-53(29-39,37-55)43-11-17-47(58)18-12-43)15-21-49(51)50-22-16-46(28-52(50)57)56-35-41-26-42(36-56)32-54(31-41,38-56)44-13-19-48(59)20-14-44/h11-22,27-28,39-42H,3-10,23-26,29-38H2,1-2H3. The maximum Gasteiger partial charge on any atom is 0.0215 e. The summed E-state index contributed by atoms with van der Waals surface area (Å²) in [5.41, 5.74) is 14.7. The van der Waals surface area contributed by atoms with Gasteiger partial charge < -0.3 is 0 Å². The van der Waals surface area contributed by atoms with Crippen LogP contribution in [-0.4, -0.2) is 0 Å². The Labute approximate surface area is 373 Å². The summed E-state index contributed by atoms with van der Waals surface area (Å²) >= 11 is 7.53. The first-order chi connectivity index (χ1) is 28.7. The summed E-state index contributed by atoms with van der Waals surface area (Å²) in [6.45, 7) is 4.77. The monoisotopic (exact) mass is 910 g/mol. The van der Waals surface area contributed by atoms with Gasteiger partial charge in [0.05, 0.1) is 0 Å². The molecule has 4 aromatic rings. The van der Waals surface area contributed by atoms with Crippen molar-refractivity contribution in [1.29, 1.82) is 0 Å². The molecular weight excluding hydrogens is 844 g/mol. The quantitative estimate of drug-likeness (QED) is 0.111. The summed E-state index contributed by atoms with van der Waals surface area (Å²) in [6, 6.07) is 35.6. The molecule has 4 aromatic carbocycles. The smallest absolute Gasteiger partial charge is 0.0215 e. The fourth-order valence-corrected chi connectivity index (χ4v) is 17.5. The van der Waals surface area contributed by atoms with Crippen LogP contribution in [0.4, 0.5) is 0 Å². The molecule has 0 heterocycles. The molecule has 310 valence electrons. The number of rotatable bonds is 14. The molecule has 0 saturated heterocycles. The summed E-state index contributed by atoms with van der Waals surface area (Å²) in [6.07, 6.45) is 30.2. The van der Waals surface area contributed by atoms with E-state index in [4.69, 9.17) is 0 Å². The molecule has 4 unspecified atom stereocenters. The largest absolute Gasteiger partial charge is 0.0654 e. The molecule has 0 radical (unpaired) electrons. The van der Waals surface area contributed by atoms with Gasteiger partial charge in [-0.1, -0.05) is 158 Å². The van der Waals surface area contributed by atoms with Gasteiger partial charge in [0.15, 0.2) is 0 Å². The first kappa shape index (κ1) is 39.7. The second-order valence-electron chi connectivity index (χ2n) is 22.3. The number of unbranched alkanes of at least 4 members (excludes halogenated alkanes) is 6. The molecule has 0 N–H and O–H groups in total. The minimum absolute atomic E-state index is 0.121. The Hall–Kier alpha value is -2.16. The summed E-state index contributed by atoms with van der Waals surface area (Å²) in [7, 11) is 0. The Balaban J connectivity index is 1.02. The van der Waals surface area contributed by atoms with E-state index in [1.54, 1.807) is 44.5 Å². The van der Waals surface area contributed by atoms with Crippen molar-refractivity contribution in [2.75, 3.05) is 0 Å². The molecule has 9 aliphatic rings. The Morgan fingerprint density at radius 1 is 0.424 bits per heavy atom. The lowest BCUT2D eigenvalue weighted by Crippen LogP contribution is -2.56. The minimum Gasteiger partial charge on any atom is -0.0654 e. The molecule has 0 nitrogen and oxygen atoms in total. The third-order valence-electron chi connectivity index (χ3n) is 18.5. The van der Waals surface area contributed by atoms with Crippen LogP contribution in [0.1, 0.15) is 188 Å². The lowest BCUT2D eigenvalue weighted by atomic mass is 9.41. The van der Waals surface area contributed by atoms with Crippen molar-refractivity contribution >= 4 is 31.9 Å². The SMILES string of the molecule is CCCCCCC1(CCCCCC)c2cc(C34CC5CC(CC(c6ccc(Br)cc6)(C5)C3)C4)ccc2-c2ccc(C34CC5CC(CC(c6ccc(Br)cc6)(C5)C3)C4)cc21. The maximum atomic E-state index is 3.76. The van der Waals surface area contributed by atoms with Crippen LogP contribution in [-0.2, 0) is 27.1 Å². The van der Waals surface area contributed by atoms with E-state index in [1.807, 2.05) is 0 Å². The molecule has 0 aliphatic heterocycles. The first-order valence-corrected chi connectivity index (χ1v) is 26.1. The highest BCUT2D eigenvalue weighted by molar-refractivity contribution is 9.10. The van der Waals surface area contributed by atoms with E-state index in [0.717, 1.165) is 23.7 Å². The number of halogens is 2. The van der Waals surface area contributed by atoms with Gasteiger partial charge in [0.2, 0.25) is 0 Å². The van der Waals surface area contributed by atoms with Crippen molar-refractivity contribution in [3.8, 4) is 11.1 Å². The number of fused-ring (bicyclic) bond motifs is 3. The zero-order valence-corrected chi connectivity index (χ0v) is 39.4. The van der Waals surface area contributed by atoms with Crippen molar-refractivity contribution < 1.29 is 0 Å². The van der Waals surface area contributed by atoms with E-state index in [2.05, 4.69) is 131 Å². The van der Waals surface area contributed by atoms with Crippen molar-refractivity contribution in [2.24, 2.45) is 23.7 Å². The molecule has 0 spiro atoms. The van der Waals surface area contributed by atoms with E-state index < -0.39 is 0 Å². The van der Waals surface area contributed by atoms with Crippen LogP contribution in [0.15, 0.2) is 93.9 Å². The Bertz CT molecular complexity index is 2010. The van der Waals surface area contributed by atoms with Gasteiger partial charge in [0.25, 0.3) is 0 Å². The first-order valence-electron chi connectivity index (χ1n) is 24.5. The highest BCUT2D eigenvalue weighted by Gasteiger charge is 2.61. The topological polar surface area (TPSA) is 0 Å². The van der Waals surface area contributed by atoms with E-state index in [-0.39, 0.29) is 5.41 Å². The van der Waals surface area contributed by atoms with Gasteiger partial charge in [0.1, 0.15) is 0 Å². The zero-order chi connectivity index (χ0) is 40.0. The molecule has 9 aliphatic carbocycles. The fourth-order valence-electron chi connectivity index (χ4n) is 17.0. The van der Waals surface area contributed by atoms with Crippen LogP contribution >= 0.6 is 31.9 Å². The average Bonchev–Trinajstić information content (AvgIpc) is 3.49. The Morgan fingerprint density at radius 2 is 0.763 bits per heavy atom. The molecule has 0 aromatic heterocycles. The number of hydrogen-bond acceptors (Lipinski definition) is 0. The highest BCUT2D eigenvalue weighted by atomic mass is 79.9. The zero-order valence-electron chi connectivity index (χ0n) is 36.2. The molecule has 8 bridgehead atoms. The van der Waals surface area contributed by atoms with Crippen molar-refractivity contribution in [2.45, 2.75) is 182 Å². The van der Waals surface area contributed by atoms with Gasteiger partial charge in [-0.05, 0) is 204 Å². The van der Waals surface area contributed by atoms with Gasteiger partial charge in [0, 0.05) is 14.4 Å². The van der Waals surface area contributed by atoms with Crippen LogP contribution in [0, 0.1) is 23.7 Å². The molecule has 8 fully saturated rings. The van der Waals surface area contributed by atoms with Gasteiger partial charge in [-0.15, -0.1) is 0 Å². The molecule has 13 rings (SSSR count). The second-order valence-corrected chi connectivity index (χ2v) is 24.1. The minimum atomic E-state index is 0.121. The third kappa shape index (κ3) is 6.50. The molecular formula is C57H68Br2. The van der Waals surface area contributed by atoms with Crippen LogP contribution in [0.5, 0.6) is 0 Å². The molecule has 8 saturated carbocycles. The number of benzene rings is 4.